The normalized spacial score (nSPS) is 18.5. The Bertz CT molecular complexity index is 841. The Morgan fingerprint density at radius 2 is 1.89 bits per heavy atom. The Labute approximate surface area is 168 Å². The van der Waals surface area contributed by atoms with Gasteiger partial charge in [0.25, 0.3) is 5.91 Å². The Morgan fingerprint density at radius 1 is 1.18 bits per heavy atom. The van der Waals surface area contributed by atoms with Gasteiger partial charge in [0.1, 0.15) is 17.1 Å². The van der Waals surface area contributed by atoms with Crippen molar-refractivity contribution in [3.8, 4) is 11.5 Å². The molecule has 0 saturated heterocycles. The van der Waals surface area contributed by atoms with Crippen molar-refractivity contribution in [1.82, 2.24) is 5.32 Å². The number of rotatable bonds is 6. The average Bonchev–Trinajstić information content (AvgIpc) is 2.71. The van der Waals surface area contributed by atoms with E-state index < -0.39 is 6.10 Å². The van der Waals surface area contributed by atoms with Crippen LogP contribution in [0.25, 0.3) is 0 Å². The topological polar surface area (TPSA) is 47.6 Å². The minimum absolute atomic E-state index is 0.0815. The number of aryl methyl sites for hydroxylation is 1. The maximum Gasteiger partial charge on any atom is 0.261 e. The molecule has 2 aromatic rings. The SMILES string of the molecule is CCC1(CC)C[C@H](NC(=O)[C@H](C)Oc2cccc(C)c2C)c2ccccc2O1. The summed E-state index contributed by atoms with van der Waals surface area (Å²) in [6.45, 7) is 10.1. The first-order valence-corrected chi connectivity index (χ1v) is 10.2. The second-order valence-corrected chi connectivity index (χ2v) is 7.75. The summed E-state index contributed by atoms with van der Waals surface area (Å²) >= 11 is 0. The molecule has 1 aliphatic heterocycles. The second kappa shape index (κ2) is 8.26. The van der Waals surface area contributed by atoms with E-state index >= 15 is 0 Å². The molecule has 0 saturated carbocycles. The van der Waals surface area contributed by atoms with Gasteiger partial charge in [-0.3, -0.25) is 4.79 Å². The smallest absolute Gasteiger partial charge is 0.261 e. The van der Waals surface area contributed by atoms with Crippen LogP contribution in [0.15, 0.2) is 42.5 Å². The molecule has 1 aliphatic rings. The summed E-state index contributed by atoms with van der Waals surface area (Å²) in [5.74, 6) is 1.51. The number of para-hydroxylation sites is 1. The number of ether oxygens (including phenoxy) is 2. The highest BCUT2D eigenvalue weighted by Gasteiger charge is 2.39. The molecule has 0 fully saturated rings. The summed E-state index contributed by atoms with van der Waals surface area (Å²) in [4.78, 5) is 12.9. The first-order chi connectivity index (χ1) is 13.4. The van der Waals surface area contributed by atoms with Crippen LogP contribution in [0.4, 0.5) is 0 Å². The number of nitrogens with one attached hydrogen (secondary N) is 1. The third-order valence-electron chi connectivity index (χ3n) is 6.03. The molecule has 2 aromatic carbocycles. The third-order valence-corrected chi connectivity index (χ3v) is 6.03. The van der Waals surface area contributed by atoms with Crippen LogP contribution in [-0.4, -0.2) is 17.6 Å². The largest absolute Gasteiger partial charge is 0.487 e. The zero-order chi connectivity index (χ0) is 20.3. The summed E-state index contributed by atoms with van der Waals surface area (Å²) < 4.78 is 12.3. The van der Waals surface area contributed by atoms with E-state index in [1.165, 1.54) is 0 Å². The summed E-state index contributed by atoms with van der Waals surface area (Å²) in [6.07, 6.45) is 1.99. The van der Waals surface area contributed by atoms with Crippen molar-refractivity contribution in [2.24, 2.45) is 0 Å². The molecular formula is C24H31NO3. The lowest BCUT2D eigenvalue weighted by atomic mass is 9.83. The average molecular weight is 382 g/mol. The number of hydrogen-bond acceptors (Lipinski definition) is 3. The zero-order valence-corrected chi connectivity index (χ0v) is 17.5. The zero-order valence-electron chi connectivity index (χ0n) is 17.5. The lowest BCUT2D eigenvalue weighted by molar-refractivity contribution is -0.128. The Morgan fingerprint density at radius 3 is 2.61 bits per heavy atom. The minimum atomic E-state index is -0.576. The fourth-order valence-corrected chi connectivity index (χ4v) is 3.81. The van der Waals surface area contributed by atoms with Gasteiger partial charge in [0.2, 0.25) is 0 Å². The highest BCUT2D eigenvalue weighted by atomic mass is 16.5. The molecule has 0 bridgehead atoms. The van der Waals surface area contributed by atoms with Gasteiger partial charge < -0.3 is 14.8 Å². The van der Waals surface area contributed by atoms with Crippen LogP contribution in [0, 0.1) is 13.8 Å². The molecule has 0 aromatic heterocycles. The van der Waals surface area contributed by atoms with E-state index in [9.17, 15) is 4.79 Å². The second-order valence-electron chi connectivity index (χ2n) is 7.75. The van der Waals surface area contributed by atoms with E-state index in [2.05, 4.69) is 19.2 Å². The van der Waals surface area contributed by atoms with Crippen LogP contribution >= 0.6 is 0 Å². The molecule has 0 radical (unpaired) electrons. The standard InChI is InChI=1S/C24H31NO3/c1-6-24(7-2)15-20(19-12-8-9-13-22(19)28-24)25-23(26)18(5)27-21-14-10-11-16(3)17(21)4/h8-14,18,20H,6-7,15H2,1-5H3,(H,25,26)/t18-,20-/m0/s1. The maximum absolute atomic E-state index is 12.9. The van der Waals surface area contributed by atoms with Crippen molar-refractivity contribution < 1.29 is 14.3 Å². The minimum Gasteiger partial charge on any atom is -0.487 e. The molecule has 1 N–H and O–H groups in total. The van der Waals surface area contributed by atoms with E-state index in [4.69, 9.17) is 9.47 Å². The van der Waals surface area contributed by atoms with Gasteiger partial charge in [-0.25, -0.2) is 0 Å². The Kier molecular flexibility index (Phi) is 5.97. The number of carbonyl (C=O) groups excluding carboxylic acids is 1. The van der Waals surface area contributed by atoms with Gasteiger partial charge in [-0.1, -0.05) is 44.2 Å². The number of carbonyl (C=O) groups is 1. The lowest BCUT2D eigenvalue weighted by Gasteiger charge is -2.41. The van der Waals surface area contributed by atoms with Gasteiger partial charge in [0.05, 0.1) is 6.04 Å². The summed E-state index contributed by atoms with van der Waals surface area (Å²) in [6, 6.07) is 13.8. The highest BCUT2D eigenvalue weighted by molar-refractivity contribution is 5.81. The Balaban J connectivity index is 1.77. The van der Waals surface area contributed by atoms with Crippen molar-refractivity contribution in [2.75, 3.05) is 0 Å². The number of benzene rings is 2. The molecule has 0 aliphatic carbocycles. The molecule has 4 heteroatoms. The van der Waals surface area contributed by atoms with Crippen LogP contribution in [-0.2, 0) is 4.79 Å². The Hall–Kier alpha value is -2.49. The number of fused-ring (bicyclic) bond motifs is 1. The van der Waals surface area contributed by atoms with Crippen LogP contribution in [0.1, 0.15) is 62.8 Å². The van der Waals surface area contributed by atoms with Crippen molar-refractivity contribution in [3.63, 3.8) is 0 Å². The molecule has 150 valence electrons. The van der Waals surface area contributed by atoms with E-state index in [0.29, 0.717) is 0 Å². The van der Waals surface area contributed by atoms with E-state index in [1.54, 1.807) is 6.92 Å². The fourth-order valence-electron chi connectivity index (χ4n) is 3.81. The summed E-state index contributed by atoms with van der Waals surface area (Å²) in [5, 5.41) is 3.21. The fraction of sp³-hybridized carbons (Fsp3) is 0.458. The van der Waals surface area contributed by atoms with Gasteiger partial charge >= 0.3 is 0 Å². The molecule has 4 nitrogen and oxygen atoms in total. The predicted octanol–water partition coefficient (Wildman–Crippen LogP) is 5.27. The van der Waals surface area contributed by atoms with Crippen LogP contribution in [0.3, 0.4) is 0 Å². The van der Waals surface area contributed by atoms with Crippen molar-refractivity contribution in [1.29, 1.82) is 0 Å². The first kappa shape index (κ1) is 20.2. The van der Waals surface area contributed by atoms with Crippen LogP contribution in [0.5, 0.6) is 11.5 Å². The maximum atomic E-state index is 12.9. The molecule has 3 rings (SSSR count). The first-order valence-electron chi connectivity index (χ1n) is 10.2. The summed E-state index contributed by atoms with van der Waals surface area (Å²) in [7, 11) is 0. The van der Waals surface area contributed by atoms with Crippen LogP contribution in [0.2, 0.25) is 0 Å². The van der Waals surface area contributed by atoms with Gasteiger partial charge in [-0.05, 0) is 56.9 Å². The van der Waals surface area contributed by atoms with Gasteiger partial charge in [0.15, 0.2) is 6.10 Å². The molecule has 28 heavy (non-hydrogen) atoms. The van der Waals surface area contributed by atoms with Gasteiger partial charge in [-0.15, -0.1) is 0 Å². The van der Waals surface area contributed by atoms with Crippen molar-refractivity contribution >= 4 is 5.91 Å². The molecule has 0 unspecified atom stereocenters. The van der Waals surface area contributed by atoms with E-state index in [1.807, 2.05) is 56.3 Å². The monoisotopic (exact) mass is 381 g/mol. The molecular weight excluding hydrogens is 350 g/mol. The van der Waals surface area contributed by atoms with E-state index in [0.717, 1.165) is 47.5 Å². The predicted molar refractivity (Wildman–Crippen MR) is 112 cm³/mol. The third kappa shape index (κ3) is 4.01. The number of hydrogen-bond donors (Lipinski definition) is 1. The molecule has 1 amide bonds. The van der Waals surface area contributed by atoms with E-state index in [-0.39, 0.29) is 17.6 Å². The van der Waals surface area contributed by atoms with Crippen LogP contribution < -0.4 is 14.8 Å². The quantitative estimate of drug-likeness (QED) is 0.741. The molecule has 0 spiro atoms. The highest BCUT2D eigenvalue weighted by Crippen LogP contribution is 2.42. The lowest BCUT2D eigenvalue weighted by Crippen LogP contribution is -2.47. The van der Waals surface area contributed by atoms with Gasteiger partial charge in [0, 0.05) is 12.0 Å². The van der Waals surface area contributed by atoms with Crippen molar-refractivity contribution in [2.45, 2.75) is 71.6 Å². The van der Waals surface area contributed by atoms with Gasteiger partial charge in [-0.2, -0.15) is 0 Å². The number of amides is 1. The summed E-state index contributed by atoms with van der Waals surface area (Å²) in [5.41, 5.74) is 3.00. The van der Waals surface area contributed by atoms with Crippen molar-refractivity contribution in [3.05, 3.63) is 59.2 Å². The molecule has 1 heterocycles. The molecule has 2 atom stereocenters.